The van der Waals surface area contributed by atoms with Crippen LogP contribution in [0.3, 0.4) is 0 Å². The molecule has 1 nitrogen and oxygen atoms in total. The van der Waals surface area contributed by atoms with Gasteiger partial charge in [0.2, 0.25) is 0 Å². The maximum Gasteiger partial charge on any atom is 0.0406 e. The minimum Gasteiger partial charge on any atom is -0.369 e. The summed E-state index contributed by atoms with van der Waals surface area (Å²) < 4.78 is 0. The molecule has 0 saturated heterocycles. The van der Waals surface area contributed by atoms with E-state index >= 15 is 0 Å². The van der Waals surface area contributed by atoms with Gasteiger partial charge in [-0.3, -0.25) is 0 Å². The van der Waals surface area contributed by atoms with Crippen molar-refractivity contribution in [1.82, 2.24) is 0 Å². The van der Waals surface area contributed by atoms with Crippen LogP contribution in [0.1, 0.15) is 57.2 Å². The lowest BCUT2D eigenvalue weighted by Gasteiger charge is -2.50. The Morgan fingerprint density at radius 3 is 2.39 bits per heavy atom. The fourth-order valence-electron chi connectivity index (χ4n) is 3.30. The van der Waals surface area contributed by atoms with Crippen molar-refractivity contribution in [2.45, 2.75) is 59.4 Å². The monoisotopic (exact) mass is 245 g/mol. The Labute approximate surface area is 112 Å². The Morgan fingerprint density at radius 2 is 1.83 bits per heavy atom. The highest BCUT2D eigenvalue weighted by Crippen LogP contribution is 2.46. The second-order valence-electron chi connectivity index (χ2n) is 6.48. The minimum atomic E-state index is 0.229. The molecule has 0 N–H and O–H groups in total. The van der Waals surface area contributed by atoms with Crippen LogP contribution in [0.2, 0.25) is 0 Å². The van der Waals surface area contributed by atoms with Crippen molar-refractivity contribution in [3.63, 3.8) is 0 Å². The topological polar surface area (TPSA) is 3.24 Å². The van der Waals surface area contributed by atoms with Gasteiger partial charge in [-0.25, -0.2) is 0 Å². The van der Waals surface area contributed by atoms with Crippen molar-refractivity contribution < 1.29 is 0 Å². The molecular weight excluding hydrogens is 218 g/mol. The second-order valence-corrected chi connectivity index (χ2v) is 6.48. The summed E-state index contributed by atoms with van der Waals surface area (Å²) in [5.74, 6) is 1.30. The molecule has 1 aromatic rings. The van der Waals surface area contributed by atoms with Gasteiger partial charge in [0, 0.05) is 18.3 Å². The lowest BCUT2D eigenvalue weighted by Crippen LogP contribution is -2.51. The first-order valence-corrected chi connectivity index (χ1v) is 7.18. The number of hydrogen-bond donors (Lipinski definition) is 0. The summed E-state index contributed by atoms with van der Waals surface area (Å²) in [6, 6.07) is 4.83. The molecule has 100 valence electrons. The van der Waals surface area contributed by atoms with E-state index in [1.807, 2.05) is 0 Å². The molecule has 0 amide bonds. The summed E-state index contributed by atoms with van der Waals surface area (Å²) in [6.07, 6.45) is 1.12. The first-order chi connectivity index (χ1) is 8.30. The third-order valence-electron chi connectivity index (χ3n) is 5.45. The zero-order valence-corrected chi connectivity index (χ0v) is 13.0. The van der Waals surface area contributed by atoms with Gasteiger partial charge in [0.1, 0.15) is 0 Å². The SMILES string of the molecule is CCc1cc2c(cc1C)C(C)C(C)C(C)(C)N2C. The van der Waals surface area contributed by atoms with Gasteiger partial charge in [-0.1, -0.05) is 26.8 Å². The quantitative estimate of drug-likeness (QED) is 0.703. The summed E-state index contributed by atoms with van der Waals surface area (Å²) in [5, 5.41) is 0. The molecule has 0 bridgehead atoms. The molecule has 0 aromatic heterocycles. The maximum absolute atomic E-state index is 2.48. The Morgan fingerprint density at radius 1 is 1.22 bits per heavy atom. The van der Waals surface area contributed by atoms with E-state index in [1.165, 1.54) is 22.4 Å². The van der Waals surface area contributed by atoms with Gasteiger partial charge in [-0.05, 0) is 61.8 Å². The maximum atomic E-state index is 2.48. The summed E-state index contributed by atoms with van der Waals surface area (Å²) >= 11 is 0. The van der Waals surface area contributed by atoms with E-state index in [0.29, 0.717) is 11.8 Å². The highest BCUT2D eigenvalue weighted by molar-refractivity contribution is 5.62. The van der Waals surface area contributed by atoms with Crippen LogP contribution in [0.5, 0.6) is 0 Å². The average Bonchev–Trinajstić information content (AvgIpc) is 2.34. The van der Waals surface area contributed by atoms with Crippen LogP contribution < -0.4 is 4.90 Å². The fourth-order valence-corrected chi connectivity index (χ4v) is 3.30. The molecule has 18 heavy (non-hydrogen) atoms. The zero-order chi connectivity index (χ0) is 13.7. The number of rotatable bonds is 1. The summed E-state index contributed by atoms with van der Waals surface area (Å²) in [4.78, 5) is 2.48. The van der Waals surface area contributed by atoms with Crippen LogP contribution in [-0.2, 0) is 6.42 Å². The van der Waals surface area contributed by atoms with Crippen molar-refractivity contribution in [2.75, 3.05) is 11.9 Å². The normalized spacial score (nSPS) is 26.1. The second kappa shape index (κ2) is 4.29. The number of hydrogen-bond acceptors (Lipinski definition) is 1. The van der Waals surface area contributed by atoms with E-state index in [1.54, 1.807) is 0 Å². The molecule has 1 heteroatoms. The molecule has 1 aliphatic rings. The van der Waals surface area contributed by atoms with Crippen molar-refractivity contribution in [3.05, 3.63) is 28.8 Å². The lowest BCUT2D eigenvalue weighted by atomic mass is 9.71. The van der Waals surface area contributed by atoms with Crippen LogP contribution in [0.4, 0.5) is 5.69 Å². The molecule has 0 radical (unpaired) electrons. The third kappa shape index (κ3) is 1.75. The first kappa shape index (κ1) is 13.5. The van der Waals surface area contributed by atoms with Crippen LogP contribution in [0.15, 0.2) is 12.1 Å². The molecule has 0 fully saturated rings. The number of anilines is 1. The summed E-state index contributed by atoms with van der Waals surface area (Å²) in [6.45, 7) is 14.0. The molecule has 1 aromatic carbocycles. The molecule has 1 aliphatic heterocycles. The van der Waals surface area contributed by atoms with E-state index in [2.05, 4.69) is 65.6 Å². The van der Waals surface area contributed by atoms with Crippen LogP contribution >= 0.6 is 0 Å². The molecule has 2 rings (SSSR count). The van der Waals surface area contributed by atoms with Crippen LogP contribution in [-0.4, -0.2) is 12.6 Å². The van der Waals surface area contributed by atoms with E-state index < -0.39 is 0 Å². The predicted molar refractivity (Wildman–Crippen MR) is 80.6 cm³/mol. The molecular formula is C17H27N. The van der Waals surface area contributed by atoms with Gasteiger partial charge < -0.3 is 4.90 Å². The standard InChI is InChI=1S/C17H27N/c1-8-14-10-16-15(9-11(14)2)12(3)13(4)17(5,6)18(16)7/h9-10,12-13H,8H2,1-7H3. The smallest absolute Gasteiger partial charge is 0.0406 e. The Bertz CT molecular complexity index is 459. The van der Waals surface area contributed by atoms with Crippen molar-refractivity contribution >= 4 is 5.69 Å². The number of aryl methyl sites for hydroxylation is 2. The van der Waals surface area contributed by atoms with Gasteiger partial charge in [0.15, 0.2) is 0 Å². The van der Waals surface area contributed by atoms with Crippen molar-refractivity contribution in [2.24, 2.45) is 5.92 Å². The largest absolute Gasteiger partial charge is 0.369 e. The number of fused-ring (bicyclic) bond motifs is 1. The van der Waals surface area contributed by atoms with Crippen LogP contribution in [0, 0.1) is 12.8 Å². The van der Waals surface area contributed by atoms with E-state index in [0.717, 1.165) is 6.42 Å². The van der Waals surface area contributed by atoms with Crippen molar-refractivity contribution in [3.8, 4) is 0 Å². The van der Waals surface area contributed by atoms with Gasteiger partial charge in [0.05, 0.1) is 0 Å². The van der Waals surface area contributed by atoms with Gasteiger partial charge in [-0.2, -0.15) is 0 Å². The van der Waals surface area contributed by atoms with Crippen LogP contribution in [0.25, 0.3) is 0 Å². The minimum absolute atomic E-state index is 0.229. The summed E-state index contributed by atoms with van der Waals surface area (Å²) in [7, 11) is 2.25. The molecule has 2 unspecified atom stereocenters. The van der Waals surface area contributed by atoms with E-state index in [-0.39, 0.29) is 5.54 Å². The summed E-state index contributed by atoms with van der Waals surface area (Å²) in [5.41, 5.74) is 6.13. The van der Waals surface area contributed by atoms with E-state index in [4.69, 9.17) is 0 Å². The first-order valence-electron chi connectivity index (χ1n) is 7.18. The number of benzene rings is 1. The molecule has 1 heterocycles. The molecule has 0 spiro atoms. The Balaban J connectivity index is 2.63. The lowest BCUT2D eigenvalue weighted by molar-refractivity contribution is 0.275. The van der Waals surface area contributed by atoms with Gasteiger partial charge >= 0.3 is 0 Å². The van der Waals surface area contributed by atoms with E-state index in [9.17, 15) is 0 Å². The average molecular weight is 245 g/mol. The van der Waals surface area contributed by atoms with Gasteiger partial charge in [0.25, 0.3) is 0 Å². The third-order valence-corrected chi connectivity index (χ3v) is 5.45. The molecule has 2 atom stereocenters. The Kier molecular flexibility index (Phi) is 3.21. The predicted octanol–water partition coefficient (Wildman–Crippen LogP) is 4.53. The molecule has 0 aliphatic carbocycles. The number of nitrogens with zero attached hydrogens (tertiary/aromatic N) is 1. The Hall–Kier alpha value is -0.980. The molecule has 0 saturated carbocycles. The van der Waals surface area contributed by atoms with Gasteiger partial charge in [-0.15, -0.1) is 0 Å². The highest BCUT2D eigenvalue weighted by atomic mass is 15.2. The van der Waals surface area contributed by atoms with Crippen molar-refractivity contribution in [1.29, 1.82) is 0 Å². The highest BCUT2D eigenvalue weighted by Gasteiger charge is 2.40. The fraction of sp³-hybridized carbons (Fsp3) is 0.647. The zero-order valence-electron chi connectivity index (χ0n) is 13.0.